The summed E-state index contributed by atoms with van der Waals surface area (Å²) < 4.78 is 43.2. The minimum absolute atomic E-state index is 0.0415. The van der Waals surface area contributed by atoms with Crippen molar-refractivity contribution in [3.8, 4) is 11.3 Å². The van der Waals surface area contributed by atoms with E-state index >= 15 is 4.39 Å². The van der Waals surface area contributed by atoms with Gasteiger partial charge in [0.05, 0.1) is 27.3 Å². The van der Waals surface area contributed by atoms with Gasteiger partial charge in [0.1, 0.15) is 5.52 Å². The Bertz CT molecular complexity index is 1500. The van der Waals surface area contributed by atoms with E-state index in [1.807, 2.05) is 43.5 Å². The van der Waals surface area contributed by atoms with Crippen molar-refractivity contribution in [1.29, 1.82) is 0 Å². The third-order valence-corrected chi connectivity index (χ3v) is 7.06. The van der Waals surface area contributed by atoms with Crippen LogP contribution in [-0.4, -0.2) is 49.1 Å². The van der Waals surface area contributed by atoms with Crippen molar-refractivity contribution in [1.82, 2.24) is 24.2 Å². The number of nitrogens with one attached hydrogen (secondary N) is 2. The molecule has 0 aliphatic rings. The third-order valence-electron chi connectivity index (χ3n) is 5.35. The quantitative estimate of drug-likeness (QED) is 0.369. The highest BCUT2D eigenvalue weighted by Gasteiger charge is 2.20. The molecule has 2 aromatic carbocycles. The Kier molecular flexibility index (Phi) is 6.67. The van der Waals surface area contributed by atoms with Crippen LogP contribution >= 0.6 is 11.6 Å². The molecule has 0 fully saturated rings. The molecule has 0 saturated carbocycles. The summed E-state index contributed by atoms with van der Waals surface area (Å²) in [7, 11) is 1.52. The number of aromatic nitrogens is 4. The number of halogens is 2. The number of imidazole rings is 1. The molecule has 0 atom stereocenters. The normalized spacial score (nSPS) is 11.9. The number of sulfonamides is 1. The molecule has 35 heavy (non-hydrogen) atoms. The Labute approximate surface area is 208 Å². The first kappa shape index (κ1) is 24.8. The van der Waals surface area contributed by atoms with Crippen molar-refractivity contribution in [3.05, 3.63) is 53.4 Å². The summed E-state index contributed by atoms with van der Waals surface area (Å²) in [4.78, 5) is 15.2. The molecule has 184 valence electrons. The van der Waals surface area contributed by atoms with Crippen LogP contribution in [0.3, 0.4) is 0 Å². The van der Waals surface area contributed by atoms with E-state index in [-0.39, 0.29) is 27.4 Å². The second-order valence-corrected chi connectivity index (χ2v) is 10.6. The molecule has 0 aliphatic heterocycles. The summed E-state index contributed by atoms with van der Waals surface area (Å²) in [6, 6.07) is 9.32. The largest absolute Gasteiger partial charge is 0.348 e. The zero-order valence-corrected chi connectivity index (χ0v) is 21.4. The molecule has 0 spiro atoms. The topological polar surface area (TPSA) is 105 Å². The van der Waals surface area contributed by atoms with Crippen molar-refractivity contribution < 1.29 is 12.8 Å². The molecule has 0 bridgehead atoms. The first-order chi connectivity index (χ1) is 16.5. The number of fused-ring (bicyclic) bond motifs is 1. The van der Waals surface area contributed by atoms with Crippen molar-refractivity contribution in [2.45, 2.75) is 24.8 Å². The van der Waals surface area contributed by atoms with E-state index in [0.29, 0.717) is 28.4 Å². The zero-order chi connectivity index (χ0) is 25.5. The number of anilines is 3. The third kappa shape index (κ3) is 4.79. The van der Waals surface area contributed by atoms with Crippen LogP contribution in [0.15, 0.2) is 47.5 Å². The van der Waals surface area contributed by atoms with E-state index in [2.05, 4.69) is 25.0 Å². The van der Waals surface area contributed by atoms with Gasteiger partial charge in [-0.15, -0.1) is 0 Å². The first-order valence-electron chi connectivity index (χ1n) is 10.7. The second-order valence-electron chi connectivity index (χ2n) is 8.34. The van der Waals surface area contributed by atoms with E-state index in [9.17, 15) is 8.42 Å². The summed E-state index contributed by atoms with van der Waals surface area (Å²) in [5.41, 5.74) is 2.30. The molecule has 2 N–H and O–H groups in total. The first-order valence-corrected chi connectivity index (χ1v) is 12.6. The van der Waals surface area contributed by atoms with Crippen molar-refractivity contribution in [2.75, 3.05) is 31.4 Å². The van der Waals surface area contributed by atoms with Crippen LogP contribution in [0.4, 0.5) is 22.0 Å². The number of hydrogen-bond acceptors (Lipinski definition) is 7. The highest BCUT2D eigenvalue weighted by molar-refractivity contribution is 7.89. The van der Waals surface area contributed by atoms with Crippen molar-refractivity contribution >= 4 is 50.2 Å². The molecule has 0 radical (unpaired) electrons. The van der Waals surface area contributed by atoms with Gasteiger partial charge in [-0.05, 0) is 57.3 Å². The predicted molar refractivity (Wildman–Crippen MR) is 136 cm³/mol. The molecule has 12 heteroatoms. The smallest absolute Gasteiger partial charge is 0.240 e. The summed E-state index contributed by atoms with van der Waals surface area (Å²) in [6.45, 7) is 4.01. The monoisotopic (exact) mass is 517 g/mol. The number of rotatable bonds is 7. The van der Waals surface area contributed by atoms with Crippen molar-refractivity contribution in [2.24, 2.45) is 0 Å². The number of hydrogen-bond donors (Lipinski definition) is 2. The Morgan fingerprint density at radius 1 is 1.11 bits per heavy atom. The Morgan fingerprint density at radius 3 is 2.40 bits per heavy atom. The Morgan fingerprint density at radius 2 is 1.80 bits per heavy atom. The van der Waals surface area contributed by atoms with E-state index in [1.165, 1.54) is 31.4 Å². The molecule has 0 amide bonds. The molecule has 0 unspecified atom stereocenters. The fourth-order valence-corrected chi connectivity index (χ4v) is 4.63. The number of nitrogens with zero attached hydrogens (tertiary/aromatic N) is 5. The maximum Gasteiger partial charge on any atom is 0.240 e. The average molecular weight is 518 g/mol. The van der Waals surface area contributed by atoms with Gasteiger partial charge in [0, 0.05) is 31.4 Å². The zero-order valence-electron chi connectivity index (χ0n) is 19.8. The van der Waals surface area contributed by atoms with Gasteiger partial charge < -0.3 is 14.8 Å². The molecule has 9 nitrogen and oxygen atoms in total. The van der Waals surface area contributed by atoms with Gasteiger partial charge in [0.15, 0.2) is 5.82 Å². The van der Waals surface area contributed by atoms with Crippen LogP contribution in [0.2, 0.25) is 5.02 Å². The molecule has 2 aromatic heterocycles. The van der Waals surface area contributed by atoms with E-state index < -0.39 is 15.8 Å². The Balaban J connectivity index is 1.75. The lowest BCUT2D eigenvalue weighted by molar-refractivity contribution is 0.588. The molecule has 4 rings (SSSR count). The van der Waals surface area contributed by atoms with Gasteiger partial charge in [0.2, 0.25) is 21.9 Å². The summed E-state index contributed by atoms with van der Waals surface area (Å²) in [5, 5.41) is 3.28. The molecular formula is C23H25ClFN7O2S. The van der Waals surface area contributed by atoms with Gasteiger partial charge in [-0.3, -0.25) is 0 Å². The predicted octanol–water partition coefficient (Wildman–Crippen LogP) is 4.58. The molecule has 0 saturated heterocycles. The fraction of sp³-hybridized carbons (Fsp3) is 0.261. The van der Waals surface area contributed by atoms with Crippen molar-refractivity contribution in [3.63, 3.8) is 0 Å². The van der Waals surface area contributed by atoms with Crippen LogP contribution in [0.25, 0.3) is 22.3 Å². The molecule has 2 heterocycles. The maximum absolute atomic E-state index is 15.1. The highest BCUT2D eigenvalue weighted by Crippen LogP contribution is 2.34. The van der Waals surface area contributed by atoms with Crippen LogP contribution < -0.4 is 14.9 Å². The molecule has 4 aromatic rings. The lowest BCUT2D eigenvalue weighted by Crippen LogP contribution is -2.18. The van der Waals surface area contributed by atoms with E-state index in [4.69, 9.17) is 11.6 Å². The van der Waals surface area contributed by atoms with Gasteiger partial charge in [-0.1, -0.05) is 11.6 Å². The van der Waals surface area contributed by atoms with E-state index in [0.717, 1.165) is 0 Å². The Hall–Kier alpha value is -3.28. The SMILES string of the molecule is CNS(=O)(=O)c1ccc(Nc2ncc(Cl)c(-c3cc(F)c4nc(N(C)C)n(C(C)C)c4c3)n2)cc1. The average Bonchev–Trinajstić information content (AvgIpc) is 3.21. The van der Waals surface area contributed by atoms with Gasteiger partial charge in [-0.25, -0.2) is 32.5 Å². The lowest BCUT2D eigenvalue weighted by atomic mass is 10.1. The minimum atomic E-state index is -3.54. The summed E-state index contributed by atoms with van der Waals surface area (Å²) in [6.07, 6.45) is 1.43. The maximum atomic E-state index is 15.1. The standard InChI is InChI=1S/C23H25ClFN7O2S/c1-13(2)32-19-11-14(10-18(25)21(19)30-23(32)31(4)5)20-17(24)12-27-22(29-20)28-15-6-8-16(9-7-15)35(33,34)26-3/h6-13,26H,1-5H3,(H,27,28,29). The fourth-order valence-electron chi connectivity index (χ4n) is 3.70. The summed E-state index contributed by atoms with van der Waals surface area (Å²) in [5.74, 6) is 0.386. The molecule has 0 aliphatic carbocycles. The lowest BCUT2D eigenvalue weighted by Gasteiger charge is -2.18. The van der Waals surface area contributed by atoms with E-state index in [1.54, 1.807) is 12.1 Å². The van der Waals surface area contributed by atoms with Gasteiger partial charge in [-0.2, -0.15) is 0 Å². The van der Waals surface area contributed by atoms with Gasteiger partial charge in [0.25, 0.3) is 0 Å². The van der Waals surface area contributed by atoms with Crippen LogP contribution in [0.1, 0.15) is 19.9 Å². The van der Waals surface area contributed by atoms with Gasteiger partial charge >= 0.3 is 0 Å². The second kappa shape index (κ2) is 9.40. The minimum Gasteiger partial charge on any atom is -0.348 e. The molecular weight excluding hydrogens is 493 g/mol. The van der Waals surface area contributed by atoms with Crippen LogP contribution in [0, 0.1) is 5.82 Å². The number of benzene rings is 2. The van der Waals surface area contributed by atoms with Crippen LogP contribution in [0.5, 0.6) is 0 Å². The van der Waals surface area contributed by atoms with Crippen LogP contribution in [-0.2, 0) is 10.0 Å². The summed E-state index contributed by atoms with van der Waals surface area (Å²) >= 11 is 6.40. The highest BCUT2D eigenvalue weighted by atomic mass is 35.5.